The molecule has 1 heterocycles. The predicted molar refractivity (Wildman–Crippen MR) is 87.6 cm³/mol. The number of amides is 3. The van der Waals surface area contributed by atoms with Crippen molar-refractivity contribution in [2.24, 2.45) is 0 Å². The maximum Gasteiger partial charge on any atom is 0.245 e. The van der Waals surface area contributed by atoms with Gasteiger partial charge < -0.3 is 40.7 Å². The fraction of sp³-hybridized carbons (Fsp3) is 0.800. The van der Waals surface area contributed by atoms with Crippen LogP contribution in [0.3, 0.4) is 0 Å². The fourth-order valence-electron chi connectivity index (χ4n) is 2.65. The lowest BCUT2D eigenvalue weighted by Crippen LogP contribution is -2.65. The van der Waals surface area contributed by atoms with Gasteiger partial charge in [-0.3, -0.25) is 14.4 Å². The van der Waals surface area contributed by atoms with E-state index in [1.54, 1.807) is 0 Å². The zero-order valence-electron chi connectivity index (χ0n) is 15.1. The van der Waals surface area contributed by atoms with Gasteiger partial charge in [-0.05, 0) is 6.92 Å². The van der Waals surface area contributed by atoms with E-state index in [1.807, 2.05) is 0 Å². The van der Waals surface area contributed by atoms with Crippen molar-refractivity contribution in [2.45, 2.75) is 63.6 Å². The van der Waals surface area contributed by atoms with E-state index in [0.29, 0.717) is 0 Å². The number of ether oxygens (including phenoxy) is 2. The molecule has 0 aromatic rings. The predicted octanol–water partition coefficient (Wildman–Crippen LogP) is -3.41. The molecule has 1 aliphatic rings. The zero-order chi connectivity index (χ0) is 20.0. The van der Waals surface area contributed by atoms with E-state index in [0.717, 1.165) is 0 Å². The summed E-state index contributed by atoms with van der Waals surface area (Å²) in [4.78, 5) is 34.7. The lowest BCUT2D eigenvalue weighted by Gasteiger charge is -2.43. The summed E-state index contributed by atoms with van der Waals surface area (Å²) in [5.74, 6) is -1.47. The summed E-state index contributed by atoms with van der Waals surface area (Å²) in [7, 11) is 1.39. The molecule has 0 bridgehead atoms. The molecule has 11 nitrogen and oxygen atoms in total. The molecule has 0 aliphatic carbocycles. The van der Waals surface area contributed by atoms with Crippen LogP contribution < -0.4 is 16.0 Å². The van der Waals surface area contributed by atoms with Crippen LogP contribution in [-0.2, 0) is 23.9 Å². The average Bonchev–Trinajstić information content (AvgIpc) is 2.57. The third-order valence-electron chi connectivity index (χ3n) is 3.96. The van der Waals surface area contributed by atoms with E-state index in [9.17, 15) is 29.7 Å². The first-order chi connectivity index (χ1) is 12.1. The van der Waals surface area contributed by atoms with Crippen LogP contribution in [0.25, 0.3) is 0 Å². The van der Waals surface area contributed by atoms with Gasteiger partial charge in [-0.15, -0.1) is 0 Å². The Balaban J connectivity index is 3.00. The van der Waals surface area contributed by atoms with Gasteiger partial charge in [-0.1, -0.05) is 0 Å². The molecule has 1 aliphatic heterocycles. The maximum absolute atomic E-state index is 12.0. The van der Waals surface area contributed by atoms with Crippen molar-refractivity contribution in [3.63, 3.8) is 0 Å². The van der Waals surface area contributed by atoms with Crippen LogP contribution in [0, 0.1) is 0 Å². The summed E-state index contributed by atoms with van der Waals surface area (Å²) in [6.45, 7) is 3.35. The van der Waals surface area contributed by atoms with Crippen molar-refractivity contribution in [3.05, 3.63) is 0 Å². The van der Waals surface area contributed by atoms with Crippen LogP contribution >= 0.6 is 0 Å². The van der Waals surface area contributed by atoms with Gasteiger partial charge in [-0.2, -0.15) is 0 Å². The Morgan fingerprint density at radius 1 is 1.15 bits per heavy atom. The number of hydrogen-bond donors (Lipinski definition) is 6. The second-order valence-electron chi connectivity index (χ2n) is 6.07. The van der Waals surface area contributed by atoms with Crippen molar-refractivity contribution in [2.75, 3.05) is 13.7 Å². The van der Waals surface area contributed by atoms with E-state index >= 15 is 0 Å². The molecule has 1 saturated heterocycles. The van der Waals surface area contributed by atoms with Crippen molar-refractivity contribution in [1.82, 2.24) is 16.0 Å². The minimum Gasteiger partial charge on any atom is -0.394 e. The van der Waals surface area contributed by atoms with Gasteiger partial charge in [-0.25, -0.2) is 0 Å². The van der Waals surface area contributed by atoms with Crippen LogP contribution in [0.4, 0.5) is 0 Å². The molecule has 0 unspecified atom stereocenters. The summed E-state index contributed by atoms with van der Waals surface area (Å²) in [6.07, 6.45) is -6.25. The second-order valence-corrected chi connectivity index (χ2v) is 6.07. The molecule has 7 atom stereocenters. The lowest BCUT2D eigenvalue weighted by molar-refractivity contribution is -0.281. The zero-order valence-corrected chi connectivity index (χ0v) is 15.1. The SMILES string of the molecule is CNC(=O)[C@@H](NC(C)=O)[C@@H](C)O[C@@H]1O[C@H](CO)[C@@H](O)[C@H](O)[C@@H]1NC(C)=O. The van der Waals surface area contributed by atoms with Crippen molar-refractivity contribution in [1.29, 1.82) is 0 Å². The Kier molecular flexibility index (Phi) is 8.37. The second kappa shape index (κ2) is 9.78. The molecule has 3 amide bonds. The van der Waals surface area contributed by atoms with Gasteiger partial charge in [0.25, 0.3) is 0 Å². The molecule has 0 aromatic carbocycles. The quantitative estimate of drug-likeness (QED) is 0.267. The summed E-state index contributed by atoms with van der Waals surface area (Å²) in [5.41, 5.74) is 0. The molecule has 150 valence electrons. The van der Waals surface area contributed by atoms with Gasteiger partial charge in [0.1, 0.15) is 30.4 Å². The van der Waals surface area contributed by atoms with E-state index in [4.69, 9.17) is 9.47 Å². The molecule has 0 aromatic heterocycles. The van der Waals surface area contributed by atoms with E-state index in [2.05, 4.69) is 16.0 Å². The number of carbonyl (C=O) groups excluding carboxylic acids is 3. The molecule has 1 rings (SSSR count). The molecule has 0 radical (unpaired) electrons. The van der Waals surface area contributed by atoms with Crippen LogP contribution in [-0.4, -0.2) is 89.5 Å². The van der Waals surface area contributed by atoms with Gasteiger partial charge in [0.05, 0.1) is 12.7 Å². The molecular weight excluding hydrogens is 350 g/mol. The average molecular weight is 377 g/mol. The highest BCUT2D eigenvalue weighted by molar-refractivity contribution is 5.87. The molecule has 0 saturated carbocycles. The summed E-state index contributed by atoms with van der Waals surface area (Å²) < 4.78 is 11.1. The normalized spacial score (nSPS) is 30.8. The Labute approximate surface area is 151 Å². The smallest absolute Gasteiger partial charge is 0.245 e. The molecule has 6 N–H and O–H groups in total. The number of carbonyl (C=O) groups is 3. The highest BCUT2D eigenvalue weighted by Gasteiger charge is 2.46. The molecule has 1 fully saturated rings. The number of likely N-dealkylation sites (N-methyl/N-ethyl adjacent to an activating group) is 1. The summed E-state index contributed by atoms with van der Waals surface area (Å²) in [6, 6.07) is -2.20. The number of hydrogen-bond acceptors (Lipinski definition) is 8. The first-order valence-electron chi connectivity index (χ1n) is 8.16. The van der Waals surface area contributed by atoms with Gasteiger partial charge in [0, 0.05) is 20.9 Å². The highest BCUT2D eigenvalue weighted by atomic mass is 16.7. The van der Waals surface area contributed by atoms with Crippen LogP contribution in [0.5, 0.6) is 0 Å². The topological polar surface area (TPSA) is 166 Å². The number of aliphatic hydroxyl groups excluding tert-OH is 3. The van der Waals surface area contributed by atoms with Gasteiger partial charge in [0.15, 0.2) is 6.29 Å². The van der Waals surface area contributed by atoms with Crippen LogP contribution in [0.15, 0.2) is 0 Å². The minimum absolute atomic E-state index is 0.458. The van der Waals surface area contributed by atoms with E-state index in [-0.39, 0.29) is 0 Å². The minimum atomic E-state index is -1.47. The number of aliphatic hydroxyl groups is 3. The molecule has 26 heavy (non-hydrogen) atoms. The van der Waals surface area contributed by atoms with Crippen molar-refractivity contribution < 1.29 is 39.2 Å². The maximum atomic E-state index is 12.0. The largest absolute Gasteiger partial charge is 0.394 e. The highest BCUT2D eigenvalue weighted by Crippen LogP contribution is 2.23. The number of nitrogens with one attached hydrogen (secondary N) is 3. The monoisotopic (exact) mass is 377 g/mol. The lowest BCUT2D eigenvalue weighted by atomic mass is 9.96. The Morgan fingerprint density at radius 3 is 2.23 bits per heavy atom. The number of rotatable bonds is 7. The first-order valence-corrected chi connectivity index (χ1v) is 8.16. The Morgan fingerprint density at radius 2 is 1.77 bits per heavy atom. The third kappa shape index (κ3) is 5.61. The summed E-state index contributed by atoms with van der Waals surface area (Å²) in [5, 5.41) is 36.7. The summed E-state index contributed by atoms with van der Waals surface area (Å²) >= 11 is 0. The van der Waals surface area contributed by atoms with Crippen LogP contribution in [0.2, 0.25) is 0 Å². The first kappa shape index (κ1) is 22.3. The van der Waals surface area contributed by atoms with E-state index in [1.165, 1.54) is 27.8 Å². The molecular formula is C15H27N3O8. The standard InChI is InChI=1S/C15H27N3O8/c1-6(10(14(24)16-4)17-7(2)20)25-15-11(18-8(3)21)13(23)12(22)9(5-19)26-15/h6,9-13,15,19,22-23H,5H2,1-4H3,(H,16,24)(H,17,20)(H,18,21)/t6-,9-,10+,11+,12-,13-,15-/m1/s1. The van der Waals surface area contributed by atoms with Gasteiger partial charge >= 0.3 is 0 Å². The van der Waals surface area contributed by atoms with Crippen LogP contribution in [0.1, 0.15) is 20.8 Å². The third-order valence-corrected chi connectivity index (χ3v) is 3.96. The molecule has 11 heteroatoms. The Bertz CT molecular complexity index is 517. The Hall–Kier alpha value is -1.79. The van der Waals surface area contributed by atoms with Crippen molar-refractivity contribution >= 4 is 17.7 Å². The van der Waals surface area contributed by atoms with Crippen molar-refractivity contribution in [3.8, 4) is 0 Å². The van der Waals surface area contributed by atoms with E-state index < -0.39 is 67.1 Å². The van der Waals surface area contributed by atoms with Gasteiger partial charge in [0.2, 0.25) is 17.7 Å². The molecule has 0 spiro atoms. The fourth-order valence-corrected chi connectivity index (χ4v) is 2.65.